The van der Waals surface area contributed by atoms with E-state index in [1.54, 1.807) is 43.9 Å². The zero-order chi connectivity index (χ0) is 111. The Morgan fingerprint density at radius 3 is 0.690 bits per heavy atom. The Hall–Kier alpha value is -13.4. The second-order valence-corrected chi connectivity index (χ2v) is 41.9. The highest BCUT2D eigenvalue weighted by Gasteiger charge is 2.31. The van der Waals surface area contributed by atoms with E-state index in [0.29, 0.717) is 87.9 Å². The molecular weight excluding hydrogens is 1750 g/mol. The first-order chi connectivity index (χ1) is 72.1. The van der Waals surface area contributed by atoms with E-state index in [1.165, 1.54) is 62.1 Å². The molecule has 0 amide bonds. The van der Waals surface area contributed by atoms with Crippen LogP contribution in [0.3, 0.4) is 0 Å². The van der Waals surface area contributed by atoms with Crippen LogP contribution in [0.1, 0.15) is 257 Å². The number of rotatable bonds is 20. The fourth-order valence-electron chi connectivity index (χ4n) is 20.0. The number of hydrogen-bond acceptors (Lipinski definition) is 10. The summed E-state index contributed by atoms with van der Waals surface area (Å²) in [5.74, 6) is 2.23. The van der Waals surface area contributed by atoms with Gasteiger partial charge in [-0.1, -0.05) is 178 Å². The maximum absolute atomic E-state index is 8.70. The molecule has 20 aromatic rings. The highest BCUT2D eigenvalue weighted by atomic mass is 16.4. The fraction of sp³-hybridized carbons (Fsp3) is 0.370. The van der Waals surface area contributed by atoms with Crippen molar-refractivity contribution >= 4 is 110 Å². The smallest absolute Gasteiger partial charge is 0.227 e. The van der Waals surface area contributed by atoms with Crippen LogP contribution in [0.25, 0.3) is 167 Å². The third kappa shape index (κ3) is 20.7. The quantitative estimate of drug-likeness (QED) is 0.0675. The molecule has 0 N–H and O–H groups in total. The summed E-state index contributed by atoms with van der Waals surface area (Å²) in [4.78, 5) is 23.6. The van der Waals surface area contributed by atoms with Gasteiger partial charge in [-0.25, -0.2) is 47.8 Å². The van der Waals surface area contributed by atoms with Crippen molar-refractivity contribution in [2.24, 2.45) is 64.8 Å². The van der Waals surface area contributed by atoms with Gasteiger partial charge >= 0.3 is 0 Å². The predicted molar refractivity (Wildman–Crippen MR) is 587 cm³/mol. The molecule has 5 aromatic carbocycles. The zero-order valence-corrected chi connectivity index (χ0v) is 88.8. The largest absolute Gasteiger partial charge is 0.437 e. The second kappa shape index (κ2) is 42.0. The van der Waals surface area contributed by atoms with E-state index in [1.807, 2.05) is 79.5 Å². The minimum Gasteiger partial charge on any atom is -0.437 e. The van der Waals surface area contributed by atoms with Crippen LogP contribution in [0.4, 0.5) is 0 Å². The molecule has 0 saturated carbocycles. The summed E-state index contributed by atoms with van der Waals surface area (Å²) in [6.07, 6.45) is 13.8. The normalized spacial score (nSPS) is 13.4. The Morgan fingerprint density at radius 2 is 0.465 bits per heavy atom. The van der Waals surface area contributed by atoms with E-state index in [-0.39, 0.29) is 11.1 Å². The molecule has 0 unspecified atom stereocenters. The number of nitrogens with zero attached hydrogens (tertiary/aromatic N) is 10. The van der Waals surface area contributed by atoms with E-state index in [9.17, 15) is 0 Å². The summed E-state index contributed by atoms with van der Waals surface area (Å²) in [5, 5.41) is 10.3. The van der Waals surface area contributed by atoms with Gasteiger partial charge in [-0.2, -0.15) is 0 Å². The van der Waals surface area contributed by atoms with Crippen molar-refractivity contribution in [3.05, 3.63) is 295 Å². The number of aryl methyl sites for hydroxylation is 18. The van der Waals surface area contributed by atoms with Crippen LogP contribution in [-0.4, -0.2) is 24.9 Å². The van der Waals surface area contributed by atoms with Gasteiger partial charge in [-0.3, -0.25) is 0 Å². The van der Waals surface area contributed by atoms with E-state index >= 15 is 0 Å². The molecule has 15 heterocycles. The third-order valence-corrected chi connectivity index (χ3v) is 27.5. The van der Waals surface area contributed by atoms with E-state index in [4.69, 9.17) is 52.1 Å². The van der Waals surface area contributed by atoms with Crippen LogP contribution >= 0.6 is 0 Å². The molecule has 15 heteroatoms. The van der Waals surface area contributed by atoms with Gasteiger partial charge in [0.25, 0.3) is 0 Å². The summed E-state index contributed by atoms with van der Waals surface area (Å²) < 4.78 is 131. The second-order valence-electron chi connectivity index (χ2n) is 41.9. The standard InChI is InChI=1S/2C26H31N2O.3C25H29N2O/c2*1-15(2)12-19-13-23(28(7)14-18(19)6)24-17(5)8-9-20-21-10-11-22(16(3)4)27-26(21)29-25(20)24;3*1-7-19-9-11-21-20-10-8-16(4)23(24(20)28-25(21)26-19)22-13-18(12-15(2)3)17(5)14-27(22)6/h2*8-11,13-16H,12H2,1-7H3;3*8-11,13-15H,7,12H2,1-6H3/q5*+1/i6D3;;5D3,12D2;5D3;. The minimum atomic E-state index is -2.44. The van der Waals surface area contributed by atoms with Crippen LogP contribution in [0.2, 0.25) is 0 Å². The molecule has 0 aliphatic carbocycles. The van der Waals surface area contributed by atoms with Gasteiger partial charge in [0.15, 0.2) is 58.9 Å². The first kappa shape index (κ1) is 87.6. The molecule has 0 atom stereocenters. The molecule has 0 radical (unpaired) electrons. The molecule has 15 aromatic heterocycles. The van der Waals surface area contributed by atoms with E-state index in [2.05, 4.69) is 287 Å². The number of hydrogen-bond donors (Lipinski definition) is 0. The molecule has 732 valence electrons. The van der Waals surface area contributed by atoms with Crippen molar-refractivity contribution in [3.8, 4) is 56.3 Å². The van der Waals surface area contributed by atoms with Crippen LogP contribution in [0, 0.1) is 98.6 Å². The molecule has 0 aliphatic rings. The van der Waals surface area contributed by atoms with Gasteiger partial charge in [-0.05, 0) is 278 Å². The molecule has 0 spiro atoms. The highest BCUT2D eigenvalue weighted by molar-refractivity contribution is 6.13. The minimum absolute atomic E-state index is 0.0242. The Morgan fingerprint density at radius 1 is 0.254 bits per heavy atom. The zero-order valence-electron chi connectivity index (χ0n) is 99.8. The first-order valence-electron chi connectivity index (χ1n) is 56.3. The third-order valence-electron chi connectivity index (χ3n) is 27.5. The van der Waals surface area contributed by atoms with Gasteiger partial charge in [-0.15, -0.1) is 0 Å². The van der Waals surface area contributed by atoms with Crippen LogP contribution in [-0.2, 0) is 86.6 Å². The molecule has 15 nitrogen and oxygen atoms in total. The predicted octanol–water partition coefficient (Wildman–Crippen LogP) is 30.4. The molecule has 0 bridgehead atoms. The Bertz CT molecular complexity index is 8700. The van der Waals surface area contributed by atoms with Crippen LogP contribution < -0.4 is 22.8 Å². The maximum Gasteiger partial charge on any atom is 0.227 e. The van der Waals surface area contributed by atoms with Crippen molar-refractivity contribution in [3.63, 3.8) is 0 Å². The van der Waals surface area contributed by atoms with Gasteiger partial charge in [0.2, 0.25) is 57.0 Å². The molecular formula is C127H149N10O5+5. The maximum atomic E-state index is 8.70. The lowest BCUT2D eigenvalue weighted by Gasteiger charge is -2.11. The van der Waals surface area contributed by atoms with Crippen LogP contribution in [0.5, 0.6) is 0 Å². The van der Waals surface area contributed by atoms with Crippen molar-refractivity contribution in [2.75, 3.05) is 0 Å². The first-order valence-corrected chi connectivity index (χ1v) is 50.8. The Balaban J connectivity index is 0.000000136. The lowest BCUT2D eigenvalue weighted by atomic mass is 9.95. The monoisotopic (exact) mass is 1910 g/mol. The summed E-state index contributed by atoms with van der Waals surface area (Å²) in [6, 6.07) is 52.4. The van der Waals surface area contributed by atoms with Gasteiger partial charge in [0.1, 0.15) is 35.2 Å². The average molecular weight is 1910 g/mol. The van der Waals surface area contributed by atoms with Crippen LogP contribution in [0.15, 0.2) is 205 Å². The highest BCUT2D eigenvalue weighted by Crippen LogP contribution is 2.45. The average Bonchev–Trinajstić information content (AvgIpc) is 1.49. The lowest BCUT2D eigenvalue weighted by molar-refractivity contribution is -0.660. The molecule has 0 fully saturated rings. The molecule has 142 heavy (non-hydrogen) atoms. The summed E-state index contributed by atoms with van der Waals surface area (Å²) in [5.41, 5.74) is 36.4. The Labute approximate surface area is 856 Å². The SMILES string of the molecule is CCc1ccc2c(n1)oc1c(-c3cc(CC(C)C)c(C)c[n+]3C)c(C)ccc12.Cc1c[n+](C)c(-c2c(C)ccc3c2oc2nc(C(C)C)ccc23)cc1CC(C)C.[2H]C([2H])([2H])c1c[n+](C)c(-c2c(C)ccc3c2oc2nc(C(C)C)ccc23)cc1CC(C)C.[2H]C([2H])([2H])c1c[n+](C)c(-c2c(C)ccc3c2oc2nc(CC)ccc23)cc1C([2H])([2H])C(C)C.[2H]C([2H])([2H])c1c[n+](C)c(-c2c(C)ccc3c2oc2nc(CC)ccc23)cc1CC(C)C. The summed E-state index contributed by atoms with van der Waals surface area (Å²) in [6.45, 7) is 43.9. The number of furan rings is 5. The topological polar surface area (TPSA) is 150 Å². The summed E-state index contributed by atoms with van der Waals surface area (Å²) in [7, 11) is 9.83. The lowest BCUT2D eigenvalue weighted by Crippen LogP contribution is -2.32. The molecule has 0 saturated heterocycles. The fourth-order valence-corrected chi connectivity index (χ4v) is 20.0. The van der Waals surface area contributed by atoms with Crippen molar-refractivity contribution in [1.82, 2.24) is 24.9 Å². The van der Waals surface area contributed by atoms with E-state index in [0.717, 1.165) is 204 Å². The number of benzene rings is 5. The van der Waals surface area contributed by atoms with Gasteiger partial charge in [0.05, 0.1) is 27.8 Å². The van der Waals surface area contributed by atoms with Crippen molar-refractivity contribution in [1.29, 1.82) is 0 Å². The van der Waals surface area contributed by atoms with Crippen molar-refractivity contribution < 1.29 is 60.0 Å². The van der Waals surface area contributed by atoms with Gasteiger partial charge < -0.3 is 22.1 Å². The number of pyridine rings is 10. The molecule has 20 rings (SSSR count). The summed E-state index contributed by atoms with van der Waals surface area (Å²) >= 11 is 0. The molecule has 0 aliphatic heterocycles. The van der Waals surface area contributed by atoms with Gasteiger partial charge in [0, 0.05) is 156 Å². The Kier molecular flexibility index (Phi) is 25.9. The number of aromatic nitrogens is 10. The van der Waals surface area contributed by atoms with Crippen molar-refractivity contribution in [2.45, 2.75) is 250 Å². The number of fused-ring (bicyclic) bond motifs is 15. The van der Waals surface area contributed by atoms with E-state index < -0.39 is 32.8 Å².